The summed E-state index contributed by atoms with van der Waals surface area (Å²) in [6.45, 7) is 3.08. The summed E-state index contributed by atoms with van der Waals surface area (Å²) in [5, 5.41) is 4.14. The second-order valence-electron chi connectivity index (χ2n) is 4.52. The zero-order chi connectivity index (χ0) is 15.2. The highest BCUT2D eigenvalue weighted by atomic mass is 79.9. The van der Waals surface area contributed by atoms with Gasteiger partial charge in [0.1, 0.15) is 0 Å². The number of benzene rings is 1. The van der Waals surface area contributed by atoms with Gasteiger partial charge in [-0.25, -0.2) is 0 Å². The van der Waals surface area contributed by atoms with Crippen molar-refractivity contribution < 1.29 is 9.47 Å². The number of hydrogen-bond acceptors (Lipinski definition) is 3. The first kappa shape index (κ1) is 16.2. The maximum Gasteiger partial charge on any atom is 0.175 e. The summed E-state index contributed by atoms with van der Waals surface area (Å²) in [5.74, 6) is 1.87. The number of nitrogens with zero attached hydrogens (tertiary/aromatic N) is 2. The zero-order valence-corrected chi connectivity index (χ0v) is 14.4. The highest BCUT2D eigenvalue weighted by Crippen LogP contribution is 2.37. The summed E-state index contributed by atoms with van der Waals surface area (Å²) < 4.78 is 14.2. The van der Waals surface area contributed by atoms with E-state index < -0.39 is 0 Å². The predicted molar refractivity (Wildman–Crippen MR) is 87.3 cm³/mol. The first-order valence-corrected chi connectivity index (χ1v) is 8.09. The summed E-state index contributed by atoms with van der Waals surface area (Å²) in [4.78, 5) is 0. The van der Waals surface area contributed by atoms with Crippen LogP contribution < -0.4 is 9.47 Å². The van der Waals surface area contributed by atoms with Crippen LogP contribution in [0.2, 0.25) is 0 Å². The number of alkyl halides is 1. The number of ether oxygens (including phenoxy) is 2. The Bertz CT molecular complexity index is 601. The Morgan fingerprint density at radius 2 is 2.14 bits per heavy atom. The van der Waals surface area contributed by atoms with E-state index in [1.807, 2.05) is 36.9 Å². The molecule has 0 aliphatic rings. The minimum atomic E-state index is 0.438. The van der Waals surface area contributed by atoms with Crippen LogP contribution in [0.5, 0.6) is 11.5 Å². The molecule has 1 heterocycles. The molecule has 21 heavy (non-hydrogen) atoms. The second-order valence-corrected chi connectivity index (χ2v) is 5.64. The predicted octanol–water partition coefficient (Wildman–Crippen LogP) is 3.94. The van der Waals surface area contributed by atoms with Gasteiger partial charge in [-0.2, -0.15) is 5.10 Å². The van der Waals surface area contributed by atoms with Crippen molar-refractivity contribution >= 4 is 27.5 Å². The van der Waals surface area contributed by atoms with E-state index in [0.29, 0.717) is 30.6 Å². The first-order chi connectivity index (χ1) is 10.2. The van der Waals surface area contributed by atoms with E-state index in [-0.39, 0.29) is 0 Å². The van der Waals surface area contributed by atoms with Crippen molar-refractivity contribution in [2.45, 2.75) is 19.2 Å². The van der Waals surface area contributed by atoms with Crippen molar-refractivity contribution in [1.29, 1.82) is 0 Å². The lowest BCUT2D eigenvalue weighted by atomic mass is 10.2. The van der Waals surface area contributed by atoms with Crippen LogP contribution in [0.25, 0.3) is 0 Å². The Labute approximate surface area is 138 Å². The molecule has 0 aliphatic carbocycles. The Kier molecular flexibility index (Phi) is 5.94. The molecule has 4 nitrogen and oxygen atoms in total. The van der Waals surface area contributed by atoms with Crippen LogP contribution in [-0.2, 0) is 19.3 Å². The van der Waals surface area contributed by atoms with E-state index in [9.17, 15) is 0 Å². The molecule has 0 radical (unpaired) electrons. The molecule has 0 N–H and O–H groups in total. The summed E-state index contributed by atoms with van der Waals surface area (Å²) in [6, 6.07) is 5.86. The van der Waals surface area contributed by atoms with E-state index in [2.05, 4.69) is 21.0 Å². The maximum absolute atomic E-state index is 5.89. The van der Waals surface area contributed by atoms with Gasteiger partial charge in [-0.15, -0.1) is 11.6 Å². The third kappa shape index (κ3) is 4.14. The smallest absolute Gasteiger partial charge is 0.175 e. The van der Waals surface area contributed by atoms with Crippen LogP contribution in [0, 0.1) is 0 Å². The average Bonchev–Trinajstić information content (AvgIpc) is 2.87. The van der Waals surface area contributed by atoms with Gasteiger partial charge < -0.3 is 9.47 Å². The molecule has 0 fully saturated rings. The normalized spacial score (nSPS) is 10.7. The Hall–Kier alpha value is -1.20. The van der Waals surface area contributed by atoms with Gasteiger partial charge in [0.2, 0.25) is 0 Å². The van der Waals surface area contributed by atoms with Crippen molar-refractivity contribution in [2.24, 2.45) is 7.05 Å². The fourth-order valence-corrected chi connectivity index (χ4v) is 2.76. The van der Waals surface area contributed by atoms with Crippen molar-refractivity contribution in [2.75, 3.05) is 13.2 Å². The van der Waals surface area contributed by atoms with Gasteiger partial charge >= 0.3 is 0 Å². The Balaban J connectivity index is 2.09. The van der Waals surface area contributed by atoms with Crippen LogP contribution in [0.15, 0.2) is 28.9 Å². The summed E-state index contributed by atoms with van der Waals surface area (Å²) in [6.07, 6.45) is 2.57. The average molecular weight is 374 g/mol. The van der Waals surface area contributed by atoms with Crippen LogP contribution in [0.4, 0.5) is 0 Å². The third-order valence-electron chi connectivity index (χ3n) is 3.05. The molecule has 0 saturated heterocycles. The highest BCUT2D eigenvalue weighted by molar-refractivity contribution is 9.10. The third-order valence-corrected chi connectivity index (χ3v) is 3.95. The number of hydrogen-bond donors (Lipinski definition) is 0. The van der Waals surface area contributed by atoms with Gasteiger partial charge in [-0.1, -0.05) is 0 Å². The summed E-state index contributed by atoms with van der Waals surface area (Å²) >= 11 is 9.41. The lowest BCUT2D eigenvalue weighted by molar-refractivity contribution is 0.276. The molecular formula is C15H18BrClN2O2. The molecule has 0 amide bonds. The fourth-order valence-electron chi connectivity index (χ4n) is 2.01. The van der Waals surface area contributed by atoms with Crippen LogP contribution in [0.3, 0.4) is 0 Å². The molecule has 114 valence electrons. The zero-order valence-electron chi connectivity index (χ0n) is 12.1. The molecule has 0 spiro atoms. The van der Waals surface area contributed by atoms with Crippen LogP contribution >= 0.6 is 27.5 Å². The molecule has 0 atom stereocenters. The van der Waals surface area contributed by atoms with Crippen LogP contribution in [0.1, 0.15) is 18.2 Å². The number of aromatic nitrogens is 2. The van der Waals surface area contributed by atoms with Crippen molar-refractivity contribution in [3.05, 3.63) is 40.1 Å². The van der Waals surface area contributed by atoms with Crippen molar-refractivity contribution in [3.8, 4) is 11.5 Å². The van der Waals surface area contributed by atoms with Gasteiger partial charge in [-0.05, 0) is 46.6 Å². The van der Waals surface area contributed by atoms with Gasteiger partial charge in [0.15, 0.2) is 11.5 Å². The second kappa shape index (κ2) is 7.71. The molecular weight excluding hydrogens is 356 g/mol. The van der Waals surface area contributed by atoms with E-state index in [1.165, 1.54) is 0 Å². The topological polar surface area (TPSA) is 36.3 Å². The Morgan fingerprint density at radius 1 is 1.33 bits per heavy atom. The Morgan fingerprint density at radius 3 is 2.76 bits per heavy atom. The monoisotopic (exact) mass is 372 g/mol. The fraction of sp³-hybridized carbons (Fsp3) is 0.400. The largest absolute Gasteiger partial charge is 0.490 e. The maximum atomic E-state index is 5.89. The summed E-state index contributed by atoms with van der Waals surface area (Å²) in [5.41, 5.74) is 2.12. The molecule has 0 bridgehead atoms. The van der Waals surface area contributed by atoms with E-state index in [4.69, 9.17) is 21.1 Å². The van der Waals surface area contributed by atoms with E-state index >= 15 is 0 Å². The number of aryl methyl sites for hydroxylation is 1. The highest BCUT2D eigenvalue weighted by Gasteiger charge is 2.12. The molecule has 6 heteroatoms. The molecule has 1 aromatic heterocycles. The molecule has 2 rings (SSSR count). The molecule has 0 aliphatic heterocycles. The molecule has 2 aromatic rings. The van der Waals surface area contributed by atoms with Crippen LogP contribution in [-0.4, -0.2) is 23.0 Å². The van der Waals surface area contributed by atoms with Gasteiger partial charge in [0.25, 0.3) is 0 Å². The van der Waals surface area contributed by atoms with Gasteiger partial charge in [-0.3, -0.25) is 4.68 Å². The minimum absolute atomic E-state index is 0.438. The lowest BCUT2D eigenvalue weighted by Crippen LogP contribution is -2.07. The van der Waals surface area contributed by atoms with Crippen molar-refractivity contribution in [1.82, 2.24) is 9.78 Å². The van der Waals surface area contributed by atoms with Crippen molar-refractivity contribution in [3.63, 3.8) is 0 Å². The summed E-state index contributed by atoms with van der Waals surface area (Å²) in [7, 11) is 1.92. The van der Waals surface area contributed by atoms with E-state index in [1.54, 1.807) is 6.20 Å². The molecule has 0 saturated carbocycles. The SMILES string of the molecule is CCOc1cc(CCl)cc(Br)c1OCCc1ccnn1C. The first-order valence-electron chi connectivity index (χ1n) is 6.76. The number of halogens is 2. The minimum Gasteiger partial charge on any atom is -0.490 e. The van der Waals surface area contributed by atoms with Gasteiger partial charge in [0, 0.05) is 31.2 Å². The molecule has 0 unspecified atom stereocenters. The quantitative estimate of drug-likeness (QED) is 0.690. The van der Waals surface area contributed by atoms with E-state index in [0.717, 1.165) is 22.2 Å². The number of rotatable bonds is 7. The lowest BCUT2D eigenvalue weighted by Gasteiger charge is -2.15. The standard InChI is InChI=1S/C15H18BrClN2O2/c1-3-20-14-9-11(10-17)8-13(16)15(14)21-7-5-12-4-6-18-19(12)2/h4,6,8-9H,3,5,7,10H2,1-2H3. The van der Waals surface area contributed by atoms with Gasteiger partial charge in [0.05, 0.1) is 17.7 Å². The molecule has 1 aromatic carbocycles.